The van der Waals surface area contributed by atoms with Crippen molar-refractivity contribution in [3.05, 3.63) is 57.8 Å². The molecule has 0 aliphatic carbocycles. The Morgan fingerprint density at radius 2 is 2.17 bits per heavy atom. The molecule has 0 saturated heterocycles. The fraction of sp³-hybridized carbons (Fsp3) is 0.278. The lowest BCUT2D eigenvalue weighted by Gasteiger charge is -2.26. The Bertz CT molecular complexity index is 912. The van der Waals surface area contributed by atoms with Gasteiger partial charge in [-0.2, -0.15) is 10.4 Å². The van der Waals surface area contributed by atoms with Gasteiger partial charge in [-0.05, 0) is 38.5 Å². The number of hydrogen-bond donors (Lipinski definition) is 3. The Hall–Kier alpha value is -3.25. The predicted octanol–water partition coefficient (Wildman–Crippen LogP) is 3.63. The largest absolute Gasteiger partial charge is 0.372 e. The number of dihydropyridines is 1. The van der Waals surface area contributed by atoms with Gasteiger partial charge in [-0.1, -0.05) is 6.07 Å². The molecule has 0 radical (unpaired) electrons. The number of aromatic amines is 1. The van der Waals surface area contributed by atoms with E-state index in [1.807, 2.05) is 39.0 Å². The van der Waals surface area contributed by atoms with E-state index in [2.05, 4.69) is 31.7 Å². The smallest absolute Gasteiger partial charge is 0.196 e. The molecule has 0 saturated carbocycles. The number of aromatic nitrogens is 2. The molecule has 0 spiro atoms. The number of allylic oxidation sites excluding steroid dienone is 3. The number of H-pyrrole nitrogens is 1. The summed E-state index contributed by atoms with van der Waals surface area (Å²) >= 11 is 0. The third-order valence-corrected chi connectivity index (χ3v) is 4.23. The van der Waals surface area contributed by atoms with Crippen LogP contribution in [-0.4, -0.2) is 16.7 Å². The molecule has 1 aliphatic heterocycles. The average molecular weight is 318 g/mol. The van der Waals surface area contributed by atoms with Gasteiger partial charge in [-0.3, -0.25) is 5.10 Å². The Kier molecular flexibility index (Phi) is 3.97. The van der Waals surface area contributed by atoms with Crippen molar-refractivity contribution in [3.63, 3.8) is 0 Å². The van der Waals surface area contributed by atoms with E-state index in [4.69, 9.17) is 6.57 Å². The van der Waals surface area contributed by atoms with Crippen molar-refractivity contribution in [2.45, 2.75) is 26.7 Å². The molecule has 0 fully saturated rings. The van der Waals surface area contributed by atoms with Crippen molar-refractivity contribution < 1.29 is 0 Å². The topological polar surface area (TPSA) is 80.9 Å². The third-order valence-electron chi connectivity index (χ3n) is 4.23. The SMILES string of the molecule is [C-]#[N+]C1=C(C)NC(C)=C(C#N)C1c1ccc2[nH]nc(NCC)c2c1. The summed E-state index contributed by atoms with van der Waals surface area (Å²) in [5.74, 6) is 0.440. The van der Waals surface area contributed by atoms with Gasteiger partial charge in [-0.15, -0.1) is 0 Å². The summed E-state index contributed by atoms with van der Waals surface area (Å²) in [6.45, 7) is 14.1. The van der Waals surface area contributed by atoms with Gasteiger partial charge in [0.05, 0.1) is 29.6 Å². The maximum atomic E-state index is 9.60. The zero-order chi connectivity index (χ0) is 17.3. The van der Waals surface area contributed by atoms with Crippen molar-refractivity contribution in [1.82, 2.24) is 15.5 Å². The summed E-state index contributed by atoms with van der Waals surface area (Å²) in [4.78, 5) is 3.69. The Morgan fingerprint density at radius 1 is 1.38 bits per heavy atom. The van der Waals surface area contributed by atoms with Crippen LogP contribution in [0.5, 0.6) is 0 Å². The molecule has 3 rings (SSSR count). The molecular formula is C18H18N6. The van der Waals surface area contributed by atoms with Crippen LogP contribution in [-0.2, 0) is 0 Å². The molecule has 1 aromatic carbocycles. The van der Waals surface area contributed by atoms with Crippen LogP contribution in [0, 0.1) is 17.9 Å². The van der Waals surface area contributed by atoms with Gasteiger partial charge in [0.15, 0.2) is 11.5 Å². The van der Waals surface area contributed by atoms with Crippen LogP contribution in [0.25, 0.3) is 15.7 Å². The number of rotatable bonds is 3. The second-order valence-electron chi connectivity index (χ2n) is 5.74. The van der Waals surface area contributed by atoms with Crippen molar-refractivity contribution in [2.24, 2.45) is 0 Å². The first-order valence-electron chi connectivity index (χ1n) is 7.78. The molecule has 1 atom stereocenters. The van der Waals surface area contributed by atoms with Gasteiger partial charge in [-0.25, -0.2) is 4.85 Å². The van der Waals surface area contributed by atoms with E-state index in [1.165, 1.54) is 0 Å². The van der Waals surface area contributed by atoms with Crippen LogP contribution in [0.15, 0.2) is 40.9 Å². The quantitative estimate of drug-likeness (QED) is 0.755. The minimum atomic E-state index is -0.345. The first-order chi connectivity index (χ1) is 11.6. The van der Waals surface area contributed by atoms with Gasteiger partial charge in [0.2, 0.25) is 0 Å². The van der Waals surface area contributed by atoms with Crippen LogP contribution in [0.2, 0.25) is 0 Å². The van der Waals surface area contributed by atoms with Crippen molar-refractivity contribution >= 4 is 16.7 Å². The number of anilines is 1. The molecule has 1 aromatic heterocycles. The van der Waals surface area contributed by atoms with E-state index >= 15 is 0 Å². The van der Waals surface area contributed by atoms with E-state index in [9.17, 15) is 5.26 Å². The highest BCUT2D eigenvalue weighted by Crippen LogP contribution is 2.39. The molecule has 3 N–H and O–H groups in total. The molecule has 1 aliphatic rings. The van der Waals surface area contributed by atoms with Crippen LogP contribution in [0.1, 0.15) is 32.3 Å². The highest BCUT2D eigenvalue weighted by Gasteiger charge is 2.30. The molecule has 0 bridgehead atoms. The molecule has 6 nitrogen and oxygen atoms in total. The van der Waals surface area contributed by atoms with Crippen molar-refractivity contribution in [1.29, 1.82) is 5.26 Å². The summed E-state index contributed by atoms with van der Waals surface area (Å²) in [5, 5.41) is 24.2. The molecule has 2 heterocycles. The summed E-state index contributed by atoms with van der Waals surface area (Å²) < 4.78 is 0. The molecule has 120 valence electrons. The maximum absolute atomic E-state index is 9.60. The van der Waals surface area contributed by atoms with E-state index in [0.29, 0.717) is 11.3 Å². The van der Waals surface area contributed by atoms with Crippen molar-refractivity contribution in [3.8, 4) is 6.07 Å². The maximum Gasteiger partial charge on any atom is 0.196 e. The van der Waals surface area contributed by atoms with Gasteiger partial charge < -0.3 is 10.6 Å². The van der Waals surface area contributed by atoms with Crippen LogP contribution >= 0.6 is 0 Å². The molecule has 6 heteroatoms. The zero-order valence-corrected chi connectivity index (χ0v) is 13.9. The molecule has 2 aromatic rings. The normalized spacial score (nSPS) is 17.5. The number of nitrogens with one attached hydrogen (secondary N) is 3. The fourth-order valence-corrected chi connectivity index (χ4v) is 3.12. The van der Waals surface area contributed by atoms with E-state index in [1.54, 1.807) is 0 Å². The van der Waals surface area contributed by atoms with Crippen molar-refractivity contribution in [2.75, 3.05) is 11.9 Å². The van der Waals surface area contributed by atoms with Gasteiger partial charge >= 0.3 is 0 Å². The number of nitrogens with zero attached hydrogens (tertiary/aromatic N) is 3. The first kappa shape index (κ1) is 15.6. The molecular weight excluding hydrogens is 300 g/mol. The van der Waals surface area contributed by atoms with Gasteiger partial charge in [0.25, 0.3) is 0 Å². The standard InChI is InChI=1S/C18H18N6/c1-5-21-18-13-8-12(6-7-15(13)23-24-18)16-14(9-19)10(2)22-11(3)17(16)20-4/h6-8,16,22H,5H2,1-3H3,(H2,21,23,24). The second kappa shape index (κ2) is 6.10. The highest BCUT2D eigenvalue weighted by molar-refractivity contribution is 5.90. The van der Waals surface area contributed by atoms with Crippen LogP contribution in [0.3, 0.4) is 0 Å². The van der Waals surface area contributed by atoms with E-state index in [-0.39, 0.29) is 5.92 Å². The Balaban J connectivity index is 2.20. The lowest BCUT2D eigenvalue weighted by Crippen LogP contribution is -2.22. The predicted molar refractivity (Wildman–Crippen MR) is 93.7 cm³/mol. The fourth-order valence-electron chi connectivity index (χ4n) is 3.12. The summed E-state index contributed by atoms with van der Waals surface area (Å²) in [6.07, 6.45) is 0. The minimum absolute atomic E-state index is 0.345. The summed E-state index contributed by atoms with van der Waals surface area (Å²) in [6, 6.07) is 8.18. The second-order valence-corrected chi connectivity index (χ2v) is 5.74. The van der Waals surface area contributed by atoms with Gasteiger partial charge in [0.1, 0.15) is 0 Å². The van der Waals surface area contributed by atoms with Crippen LogP contribution < -0.4 is 10.6 Å². The molecule has 1 unspecified atom stereocenters. The number of fused-ring (bicyclic) bond motifs is 1. The molecule has 24 heavy (non-hydrogen) atoms. The Morgan fingerprint density at radius 3 is 2.83 bits per heavy atom. The monoisotopic (exact) mass is 318 g/mol. The van der Waals surface area contributed by atoms with Crippen LogP contribution in [0.4, 0.5) is 5.82 Å². The number of benzene rings is 1. The third kappa shape index (κ3) is 2.39. The zero-order valence-electron chi connectivity index (χ0n) is 13.9. The number of nitriles is 1. The lowest BCUT2D eigenvalue weighted by atomic mass is 9.84. The lowest BCUT2D eigenvalue weighted by molar-refractivity contribution is 0.811. The van der Waals surface area contributed by atoms with E-state index < -0.39 is 0 Å². The molecule has 0 amide bonds. The minimum Gasteiger partial charge on any atom is -0.372 e. The summed E-state index contributed by atoms with van der Waals surface area (Å²) in [5.41, 5.74) is 4.58. The first-order valence-corrected chi connectivity index (χ1v) is 7.78. The Labute approximate surface area is 140 Å². The average Bonchev–Trinajstić information content (AvgIpc) is 2.97. The van der Waals surface area contributed by atoms with Gasteiger partial charge in [0, 0.05) is 23.3 Å². The van der Waals surface area contributed by atoms with E-state index in [0.717, 1.165) is 40.2 Å². The number of hydrogen-bond acceptors (Lipinski definition) is 4. The highest BCUT2D eigenvalue weighted by atomic mass is 15.2. The summed E-state index contributed by atoms with van der Waals surface area (Å²) in [7, 11) is 0.